The summed E-state index contributed by atoms with van der Waals surface area (Å²) in [6.45, 7) is 1.99. The van der Waals surface area contributed by atoms with Gasteiger partial charge in [-0.1, -0.05) is 78.4 Å². The van der Waals surface area contributed by atoms with Crippen molar-refractivity contribution in [3.63, 3.8) is 0 Å². The van der Waals surface area contributed by atoms with Crippen LogP contribution in [0.15, 0.2) is 78.9 Å². The number of hydrogen-bond acceptors (Lipinski definition) is 2. The molecule has 3 rings (SSSR count). The van der Waals surface area contributed by atoms with E-state index < -0.39 is 7.14 Å². The van der Waals surface area contributed by atoms with Crippen molar-refractivity contribution in [1.29, 1.82) is 5.26 Å². The van der Waals surface area contributed by atoms with E-state index in [2.05, 4.69) is 6.07 Å². The zero-order valence-electron chi connectivity index (χ0n) is 13.5. The van der Waals surface area contributed by atoms with E-state index in [9.17, 15) is 9.83 Å². The van der Waals surface area contributed by atoms with Crippen molar-refractivity contribution >= 4 is 23.1 Å². The highest BCUT2D eigenvalue weighted by atomic mass is 31.2. The third kappa shape index (κ3) is 2.92. The van der Waals surface area contributed by atoms with Crippen molar-refractivity contribution in [2.75, 3.05) is 0 Å². The highest BCUT2D eigenvalue weighted by Gasteiger charge is 2.31. The highest BCUT2D eigenvalue weighted by Crippen LogP contribution is 2.43. The van der Waals surface area contributed by atoms with Crippen molar-refractivity contribution < 1.29 is 4.57 Å². The molecule has 0 aliphatic carbocycles. The molecular formula is C21H18NOP. The number of rotatable bonds is 4. The van der Waals surface area contributed by atoms with Gasteiger partial charge in [0.25, 0.3) is 0 Å². The number of hydrogen-bond donors (Lipinski definition) is 0. The molecule has 0 bridgehead atoms. The third-order valence-electron chi connectivity index (χ3n) is 4.09. The molecular weight excluding hydrogens is 313 g/mol. The first-order valence-electron chi connectivity index (χ1n) is 7.84. The van der Waals surface area contributed by atoms with E-state index in [1.807, 2.05) is 85.8 Å². The topological polar surface area (TPSA) is 40.9 Å². The zero-order valence-corrected chi connectivity index (χ0v) is 14.4. The lowest BCUT2D eigenvalue weighted by Crippen LogP contribution is -2.27. The maximum Gasteiger partial charge on any atom is 0.171 e. The molecule has 0 aliphatic heterocycles. The van der Waals surface area contributed by atoms with Crippen molar-refractivity contribution in [2.45, 2.75) is 13.3 Å². The van der Waals surface area contributed by atoms with Gasteiger partial charge in [0.2, 0.25) is 0 Å². The van der Waals surface area contributed by atoms with Gasteiger partial charge < -0.3 is 4.57 Å². The minimum Gasteiger partial charge on any atom is -0.309 e. The molecule has 0 atom stereocenters. The van der Waals surface area contributed by atoms with Gasteiger partial charge in [-0.05, 0) is 18.6 Å². The van der Waals surface area contributed by atoms with Crippen molar-refractivity contribution in [3.8, 4) is 6.07 Å². The fourth-order valence-corrected chi connectivity index (χ4v) is 5.89. The van der Waals surface area contributed by atoms with Crippen molar-refractivity contribution in [1.82, 2.24) is 0 Å². The Morgan fingerprint density at radius 2 is 1.42 bits per heavy atom. The lowest BCUT2D eigenvalue weighted by atomic mass is 10.1. The molecule has 3 aromatic rings. The molecule has 3 aromatic carbocycles. The molecule has 0 aliphatic rings. The summed E-state index contributed by atoms with van der Waals surface area (Å²) in [6.07, 6.45) is 0.249. The normalized spacial score (nSPS) is 11.0. The van der Waals surface area contributed by atoms with Gasteiger partial charge in [0.15, 0.2) is 7.14 Å². The molecule has 3 heteroatoms. The molecule has 0 spiro atoms. The number of nitriles is 1. The molecule has 0 heterocycles. The average Bonchev–Trinajstić information content (AvgIpc) is 2.64. The van der Waals surface area contributed by atoms with E-state index in [-0.39, 0.29) is 6.42 Å². The second-order valence-electron chi connectivity index (χ2n) is 5.75. The van der Waals surface area contributed by atoms with Gasteiger partial charge in [-0.25, -0.2) is 0 Å². The number of nitrogens with zero attached hydrogens (tertiary/aromatic N) is 1. The van der Waals surface area contributed by atoms with E-state index in [0.29, 0.717) is 0 Å². The Bertz CT molecular complexity index is 884. The van der Waals surface area contributed by atoms with E-state index in [4.69, 9.17) is 0 Å². The van der Waals surface area contributed by atoms with Gasteiger partial charge in [0.1, 0.15) is 0 Å². The molecule has 2 nitrogen and oxygen atoms in total. The fraction of sp³-hybridized carbons (Fsp3) is 0.0952. The van der Waals surface area contributed by atoms with Crippen LogP contribution in [0.2, 0.25) is 0 Å². The molecule has 24 heavy (non-hydrogen) atoms. The van der Waals surface area contributed by atoms with E-state index in [0.717, 1.165) is 27.0 Å². The summed E-state index contributed by atoms with van der Waals surface area (Å²) in [7, 11) is -3.02. The summed E-state index contributed by atoms with van der Waals surface area (Å²) in [6, 6.07) is 27.2. The summed E-state index contributed by atoms with van der Waals surface area (Å²) >= 11 is 0. The summed E-state index contributed by atoms with van der Waals surface area (Å²) in [5, 5.41) is 11.5. The van der Waals surface area contributed by atoms with Crippen LogP contribution < -0.4 is 15.9 Å². The third-order valence-corrected chi connectivity index (χ3v) is 7.23. The van der Waals surface area contributed by atoms with Crippen molar-refractivity contribution in [2.24, 2.45) is 0 Å². The Labute approximate surface area is 142 Å². The Morgan fingerprint density at radius 3 is 1.92 bits per heavy atom. The monoisotopic (exact) mass is 331 g/mol. The molecule has 0 amide bonds. The summed E-state index contributed by atoms with van der Waals surface area (Å²) in [5.41, 5.74) is 1.87. The van der Waals surface area contributed by atoms with Crippen molar-refractivity contribution in [3.05, 3.63) is 90.0 Å². The highest BCUT2D eigenvalue weighted by molar-refractivity contribution is 7.85. The zero-order chi connectivity index (χ0) is 17.0. The average molecular weight is 331 g/mol. The Kier molecular flexibility index (Phi) is 4.65. The van der Waals surface area contributed by atoms with Crippen LogP contribution in [0.1, 0.15) is 11.1 Å². The van der Waals surface area contributed by atoms with Crippen LogP contribution in [0, 0.1) is 18.3 Å². The van der Waals surface area contributed by atoms with E-state index in [1.54, 1.807) is 0 Å². The Balaban J connectivity index is 2.35. The maximum absolute atomic E-state index is 14.4. The van der Waals surface area contributed by atoms with Gasteiger partial charge in [-0.15, -0.1) is 0 Å². The van der Waals surface area contributed by atoms with E-state index >= 15 is 0 Å². The first-order chi connectivity index (χ1) is 11.7. The number of benzene rings is 3. The van der Waals surface area contributed by atoms with Crippen LogP contribution in [0.4, 0.5) is 0 Å². The minimum absolute atomic E-state index is 0.249. The van der Waals surface area contributed by atoms with Crippen LogP contribution in [0.5, 0.6) is 0 Å². The van der Waals surface area contributed by atoms with Gasteiger partial charge >= 0.3 is 0 Å². The van der Waals surface area contributed by atoms with Crippen LogP contribution in [0.25, 0.3) is 0 Å². The van der Waals surface area contributed by atoms with Gasteiger partial charge in [-0.2, -0.15) is 5.26 Å². The van der Waals surface area contributed by atoms with Crippen LogP contribution in [0.3, 0.4) is 0 Å². The molecule has 0 radical (unpaired) electrons. The lowest BCUT2D eigenvalue weighted by Gasteiger charge is -2.22. The summed E-state index contributed by atoms with van der Waals surface area (Å²) in [5.74, 6) is 0. The largest absolute Gasteiger partial charge is 0.309 e. The second kappa shape index (κ2) is 6.87. The summed E-state index contributed by atoms with van der Waals surface area (Å²) < 4.78 is 14.4. The molecule has 0 aromatic heterocycles. The van der Waals surface area contributed by atoms with Gasteiger partial charge in [0, 0.05) is 15.9 Å². The Morgan fingerprint density at radius 1 is 0.875 bits per heavy atom. The predicted molar refractivity (Wildman–Crippen MR) is 99.9 cm³/mol. The van der Waals surface area contributed by atoms with Crippen LogP contribution in [-0.2, 0) is 11.0 Å². The molecule has 118 valence electrons. The van der Waals surface area contributed by atoms with Gasteiger partial charge in [-0.3, -0.25) is 0 Å². The lowest BCUT2D eigenvalue weighted by molar-refractivity contribution is 0.592. The first kappa shape index (κ1) is 16.2. The summed E-state index contributed by atoms with van der Waals surface area (Å²) in [4.78, 5) is 0. The van der Waals surface area contributed by atoms with E-state index in [1.165, 1.54) is 0 Å². The molecule has 0 N–H and O–H groups in total. The molecule has 0 fully saturated rings. The minimum atomic E-state index is -3.02. The Hall–Kier alpha value is -2.62. The maximum atomic E-state index is 14.4. The first-order valence-corrected chi connectivity index (χ1v) is 9.55. The quantitative estimate of drug-likeness (QED) is 0.684. The molecule has 0 saturated heterocycles. The SMILES string of the molecule is Cc1ccc(CC#N)c(P(=O)(c2ccccc2)c2ccccc2)c1. The predicted octanol–water partition coefficient (Wildman–Crippen LogP) is 3.70. The molecule has 0 unspecified atom stereocenters. The number of aryl methyl sites for hydroxylation is 1. The van der Waals surface area contributed by atoms with Gasteiger partial charge in [0.05, 0.1) is 12.5 Å². The van der Waals surface area contributed by atoms with Crippen LogP contribution in [-0.4, -0.2) is 0 Å². The fourth-order valence-electron chi connectivity index (χ4n) is 2.90. The second-order valence-corrected chi connectivity index (χ2v) is 8.48. The molecule has 0 saturated carbocycles. The standard InChI is InChI=1S/C21H18NOP/c1-17-12-13-18(14-15-22)21(16-17)24(23,19-8-4-2-5-9-19)20-10-6-3-7-11-20/h2-13,16H,14H2,1H3. The van der Waals surface area contributed by atoms with Crippen LogP contribution >= 0.6 is 7.14 Å². The smallest absolute Gasteiger partial charge is 0.171 e.